The molecule has 2 aliphatic heterocycles. The lowest BCUT2D eigenvalue weighted by molar-refractivity contribution is 0.264. The van der Waals surface area contributed by atoms with Gasteiger partial charge in [-0.25, -0.2) is 0 Å². The maximum Gasteiger partial charge on any atom is 0.258 e. The van der Waals surface area contributed by atoms with Gasteiger partial charge in [0.1, 0.15) is 0 Å². The summed E-state index contributed by atoms with van der Waals surface area (Å²) in [6.07, 6.45) is 2.57. The van der Waals surface area contributed by atoms with E-state index in [0.717, 1.165) is 0 Å². The van der Waals surface area contributed by atoms with Crippen LogP contribution in [0.5, 0.6) is 0 Å². The highest BCUT2D eigenvalue weighted by molar-refractivity contribution is 8.64. The quantitative estimate of drug-likeness (QED) is 0.209. The highest BCUT2D eigenvalue weighted by Crippen LogP contribution is 2.97. The van der Waals surface area contributed by atoms with Crippen molar-refractivity contribution in [1.29, 1.82) is 0 Å². The molecule has 4 rings (SSSR count). The summed E-state index contributed by atoms with van der Waals surface area (Å²) in [5, 5.41) is 1.57. The summed E-state index contributed by atoms with van der Waals surface area (Å²) in [6.45, 7) is 21.4. The van der Waals surface area contributed by atoms with E-state index in [2.05, 4.69) is 140 Å². The van der Waals surface area contributed by atoms with Crippen LogP contribution in [0.2, 0.25) is 16.6 Å². The summed E-state index contributed by atoms with van der Waals surface area (Å²) >= 11 is 2.09. The largest absolute Gasteiger partial charge is 0.545 e. The topological polar surface area (TPSA) is 9.23 Å². The van der Waals surface area contributed by atoms with Crippen LogP contribution in [0.15, 0.2) is 77.8 Å². The Morgan fingerprint density at radius 3 is 1.79 bits per heavy atom. The van der Waals surface area contributed by atoms with Gasteiger partial charge < -0.3 is 4.43 Å². The first-order valence-electron chi connectivity index (χ1n) is 12.7. The maximum absolute atomic E-state index is 7.53. The second-order valence-electron chi connectivity index (χ2n) is 11.7. The van der Waals surface area contributed by atoms with Crippen molar-refractivity contribution in [1.82, 2.24) is 0 Å². The molecule has 0 aromatic heterocycles. The predicted octanol–water partition coefficient (Wildman–Crippen LogP) is 10.5. The van der Waals surface area contributed by atoms with Crippen LogP contribution in [-0.2, 0) is 9.58 Å². The summed E-state index contributed by atoms with van der Waals surface area (Å²) in [4.78, 5) is 1.42. The van der Waals surface area contributed by atoms with Crippen LogP contribution in [0, 0.1) is 5.41 Å². The first kappa shape index (κ1) is 25.8. The van der Waals surface area contributed by atoms with Gasteiger partial charge in [-0.1, -0.05) is 134 Å². The molecule has 0 aliphatic carbocycles. The Morgan fingerprint density at radius 1 is 0.824 bits per heavy atom. The van der Waals surface area contributed by atoms with Gasteiger partial charge in [-0.05, 0) is 33.8 Å². The van der Waals surface area contributed by atoms with Gasteiger partial charge in [0.25, 0.3) is 8.32 Å². The Morgan fingerprint density at radius 2 is 1.32 bits per heavy atom. The smallest absolute Gasteiger partial charge is 0.258 e. The van der Waals surface area contributed by atoms with Crippen LogP contribution in [-0.4, -0.2) is 8.32 Å². The molecule has 1 saturated heterocycles. The highest BCUT2D eigenvalue weighted by atomic mass is 32.7. The van der Waals surface area contributed by atoms with Crippen LogP contribution in [0.3, 0.4) is 0 Å². The minimum absolute atomic E-state index is 0.000126. The van der Waals surface area contributed by atoms with Gasteiger partial charge in [0.2, 0.25) is 0 Å². The lowest BCUT2D eigenvalue weighted by Gasteiger charge is -2.45. The third kappa shape index (κ3) is 4.16. The number of hydrogen-bond donors (Lipinski definition) is 0. The number of benzene rings is 2. The zero-order valence-electron chi connectivity index (χ0n) is 22.3. The SMILES string of the molecule is CC(C)[Si](O/C(=C1/P2SC(c3ccccc3)=CC12c1ccccc1)C(C)(C)C)(C(C)C)C(C)C. The van der Waals surface area contributed by atoms with E-state index < -0.39 is 15.4 Å². The summed E-state index contributed by atoms with van der Waals surface area (Å²) in [7, 11) is -2.46. The summed E-state index contributed by atoms with van der Waals surface area (Å²) in [5.41, 5.74) is 4.42. The van der Waals surface area contributed by atoms with E-state index in [-0.39, 0.29) is 10.6 Å². The molecule has 0 saturated carbocycles. The van der Waals surface area contributed by atoms with E-state index in [9.17, 15) is 0 Å². The summed E-state index contributed by atoms with van der Waals surface area (Å²) < 4.78 is 7.53. The van der Waals surface area contributed by atoms with Gasteiger partial charge in [-0.3, -0.25) is 0 Å². The van der Waals surface area contributed by atoms with E-state index in [4.69, 9.17) is 4.43 Å². The van der Waals surface area contributed by atoms with Crippen molar-refractivity contribution in [2.24, 2.45) is 5.41 Å². The standard InChI is InChI=1S/C30H41OPSSi/c1-21(2)34(22(3)4,23(5)6)31-27(29(7,8)9)28-30(25-18-14-11-15-19-25)20-26(33-32(28)30)24-16-12-10-13-17-24/h10-23H,1-9H3/b28-27+. The number of fused-ring (bicyclic) bond motifs is 1. The Hall–Kier alpha value is -1.28. The van der Waals surface area contributed by atoms with Gasteiger partial charge in [0.05, 0.1) is 10.9 Å². The average Bonchev–Trinajstić information content (AvgIpc) is 3.20. The average molecular weight is 509 g/mol. The molecule has 1 nitrogen and oxygen atoms in total. The Kier molecular flexibility index (Phi) is 7.06. The Labute approximate surface area is 214 Å². The molecule has 0 bridgehead atoms. The van der Waals surface area contributed by atoms with Crippen LogP contribution < -0.4 is 0 Å². The second-order valence-corrected chi connectivity index (χ2v) is 21.1. The lowest BCUT2D eigenvalue weighted by atomic mass is 9.89. The molecule has 34 heavy (non-hydrogen) atoms. The van der Waals surface area contributed by atoms with Crippen LogP contribution in [0.4, 0.5) is 0 Å². The van der Waals surface area contributed by atoms with Crippen molar-refractivity contribution in [3.63, 3.8) is 0 Å². The highest BCUT2D eigenvalue weighted by Gasteiger charge is 2.67. The van der Waals surface area contributed by atoms with Gasteiger partial charge in [0, 0.05) is 22.8 Å². The molecule has 182 valence electrons. The van der Waals surface area contributed by atoms with Crippen LogP contribution in [0.1, 0.15) is 73.4 Å². The molecule has 2 aromatic carbocycles. The molecule has 0 amide bonds. The molecule has 0 spiro atoms. The van der Waals surface area contributed by atoms with E-state index in [1.165, 1.54) is 21.8 Å². The van der Waals surface area contributed by atoms with E-state index in [1.54, 1.807) is 5.31 Å². The van der Waals surface area contributed by atoms with E-state index in [0.29, 0.717) is 16.6 Å². The molecule has 2 unspecified atom stereocenters. The summed E-state index contributed by atoms with van der Waals surface area (Å²) in [6, 6.07) is 22.1. The Balaban J connectivity index is 1.91. The molecule has 0 radical (unpaired) electrons. The minimum atomic E-state index is -2.06. The Bertz CT molecular complexity index is 1060. The molecule has 2 aromatic rings. The third-order valence-corrected chi connectivity index (χ3v) is 18.8. The van der Waals surface area contributed by atoms with Crippen molar-refractivity contribution >= 4 is 31.7 Å². The van der Waals surface area contributed by atoms with E-state index in [1.807, 2.05) is 0 Å². The van der Waals surface area contributed by atoms with Crippen molar-refractivity contribution in [3.8, 4) is 0 Å². The zero-order valence-corrected chi connectivity index (χ0v) is 25.1. The van der Waals surface area contributed by atoms with Gasteiger partial charge in [-0.15, -0.1) is 0 Å². The molecule has 1 fully saturated rings. The first-order chi connectivity index (χ1) is 16.0. The molecule has 2 aliphatic rings. The predicted molar refractivity (Wildman–Crippen MR) is 156 cm³/mol. The first-order valence-corrected chi connectivity index (χ1v) is 17.6. The van der Waals surface area contributed by atoms with Crippen molar-refractivity contribution in [2.75, 3.05) is 0 Å². The fourth-order valence-corrected chi connectivity index (χ4v) is 17.9. The van der Waals surface area contributed by atoms with Crippen LogP contribution in [0.25, 0.3) is 4.91 Å². The number of hydrogen-bond acceptors (Lipinski definition) is 2. The van der Waals surface area contributed by atoms with Gasteiger partial charge in [-0.2, -0.15) is 0 Å². The fourth-order valence-electron chi connectivity index (χ4n) is 5.92. The zero-order chi connectivity index (χ0) is 24.9. The lowest BCUT2D eigenvalue weighted by Crippen LogP contribution is -2.48. The molecular weight excluding hydrogens is 467 g/mol. The second kappa shape index (κ2) is 9.30. The molecule has 2 atom stereocenters. The fraction of sp³-hybridized carbons (Fsp3) is 0.467. The molecule has 2 heterocycles. The summed E-state index contributed by atoms with van der Waals surface area (Å²) in [5.74, 6) is 1.29. The van der Waals surface area contributed by atoms with Gasteiger partial charge in [0.15, 0.2) is 0 Å². The van der Waals surface area contributed by atoms with Crippen LogP contribution >= 0.6 is 18.5 Å². The molecular formula is C30H41OPSSi. The number of allylic oxidation sites excluding steroid dienone is 3. The van der Waals surface area contributed by atoms with Crippen molar-refractivity contribution in [2.45, 2.75) is 84.1 Å². The number of rotatable bonds is 7. The van der Waals surface area contributed by atoms with Crippen molar-refractivity contribution in [3.05, 3.63) is 88.9 Å². The monoisotopic (exact) mass is 508 g/mol. The minimum Gasteiger partial charge on any atom is -0.545 e. The normalized spacial score (nSPS) is 23.9. The maximum atomic E-state index is 7.53. The molecule has 4 heteroatoms. The van der Waals surface area contributed by atoms with Gasteiger partial charge >= 0.3 is 0 Å². The van der Waals surface area contributed by atoms with E-state index >= 15 is 0 Å². The van der Waals surface area contributed by atoms with Crippen molar-refractivity contribution < 1.29 is 4.43 Å². The molecule has 0 N–H and O–H groups in total. The third-order valence-electron chi connectivity index (χ3n) is 7.52.